The van der Waals surface area contributed by atoms with Crippen LogP contribution < -0.4 is 5.32 Å². The van der Waals surface area contributed by atoms with Gasteiger partial charge in [-0.25, -0.2) is 9.97 Å². The standard InChI is InChI=1S/C16H16BrN3O/c1-10(2)16-20-13-8-11(6-7-14(13)21-16)18-9-12-4-3-5-15(17)19-12/h3-8,10,18H,9H2,1-2H3. The average Bonchev–Trinajstić information content (AvgIpc) is 2.88. The summed E-state index contributed by atoms with van der Waals surface area (Å²) >= 11 is 3.38. The molecule has 2 heterocycles. The Balaban J connectivity index is 1.78. The molecule has 0 aliphatic heterocycles. The number of fused-ring (bicyclic) bond motifs is 1. The van der Waals surface area contributed by atoms with Gasteiger partial charge in [-0.3, -0.25) is 0 Å². The first-order valence-electron chi connectivity index (χ1n) is 6.87. The predicted octanol–water partition coefficient (Wildman–Crippen LogP) is 4.72. The third-order valence-corrected chi connectivity index (χ3v) is 3.59. The molecule has 0 atom stereocenters. The molecule has 3 rings (SSSR count). The van der Waals surface area contributed by atoms with E-state index in [4.69, 9.17) is 4.42 Å². The van der Waals surface area contributed by atoms with Crippen LogP contribution in [0.2, 0.25) is 0 Å². The van der Waals surface area contributed by atoms with Crippen LogP contribution in [0.1, 0.15) is 31.4 Å². The highest BCUT2D eigenvalue weighted by molar-refractivity contribution is 9.10. The maximum absolute atomic E-state index is 5.71. The van der Waals surface area contributed by atoms with Crippen molar-refractivity contribution in [2.75, 3.05) is 5.32 Å². The third kappa shape index (κ3) is 3.24. The molecule has 0 amide bonds. The minimum Gasteiger partial charge on any atom is -0.440 e. The van der Waals surface area contributed by atoms with Crippen molar-refractivity contribution in [2.45, 2.75) is 26.3 Å². The monoisotopic (exact) mass is 345 g/mol. The van der Waals surface area contributed by atoms with Gasteiger partial charge in [0.25, 0.3) is 0 Å². The number of rotatable bonds is 4. The van der Waals surface area contributed by atoms with E-state index in [0.29, 0.717) is 12.5 Å². The van der Waals surface area contributed by atoms with Crippen molar-refractivity contribution in [1.29, 1.82) is 0 Å². The largest absolute Gasteiger partial charge is 0.440 e. The van der Waals surface area contributed by atoms with E-state index in [9.17, 15) is 0 Å². The van der Waals surface area contributed by atoms with Crippen LogP contribution in [0, 0.1) is 0 Å². The first kappa shape index (κ1) is 14.1. The van der Waals surface area contributed by atoms with Crippen LogP contribution in [0.4, 0.5) is 5.69 Å². The molecule has 1 aromatic carbocycles. The molecule has 3 aromatic rings. The Morgan fingerprint density at radius 2 is 2.05 bits per heavy atom. The van der Waals surface area contributed by atoms with E-state index < -0.39 is 0 Å². The van der Waals surface area contributed by atoms with Crippen LogP contribution in [0.25, 0.3) is 11.1 Å². The summed E-state index contributed by atoms with van der Waals surface area (Å²) in [6.07, 6.45) is 0. The third-order valence-electron chi connectivity index (χ3n) is 3.14. The number of hydrogen-bond donors (Lipinski definition) is 1. The lowest BCUT2D eigenvalue weighted by Gasteiger charge is -2.05. The number of nitrogens with zero attached hydrogens (tertiary/aromatic N) is 2. The summed E-state index contributed by atoms with van der Waals surface area (Å²) in [5, 5.41) is 3.35. The van der Waals surface area contributed by atoms with Gasteiger partial charge in [0.1, 0.15) is 10.1 Å². The average molecular weight is 346 g/mol. The molecule has 0 saturated heterocycles. The van der Waals surface area contributed by atoms with Crippen LogP contribution in [0.15, 0.2) is 45.4 Å². The number of oxazole rings is 1. The normalized spacial score (nSPS) is 11.2. The first-order chi connectivity index (χ1) is 10.1. The Bertz CT molecular complexity index is 767. The fraction of sp³-hybridized carbons (Fsp3) is 0.250. The molecule has 0 saturated carbocycles. The molecule has 4 nitrogen and oxygen atoms in total. The fourth-order valence-corrected chi connectivity index (χ4v) is 2.42. The Morgan fingerprint density at radius 1 is 1.19 bits per heavy atom. The molecule has 0 aliphatic carbocycles. The molecular weight excluding hydrogens is 330 g/mol. The van der Waals surface area contributed by atoms with Gasteiger partial charge in [-0.2, -0.15) is 0 Å². The number of halogens is 1. The van der Waals surface area contributed by atoms with Gasteiger partial charge < -0.3 is 9.73 Å². The summed E-state index contributed by atoms with van der Waals surface area (Å²) in [4.78, 5) is 8.91. The molecule has 0 aliphatic rings. The number of anilines is 1. The minimum atomic E-state index is 0.291. The lowest BCUT2D eigenvalue weighted by molar-refractivity contribution is 0.501. The number of benzene rings is 1. The zero-order chi connectivity index (χ0) is 14.8. The van der Waals surface area contributed by atoms with Gasteiger partial charge in [0.15, 0.2) is 11.5 Å². The van der Waals surface area contributed by atoms with Crippen molar-refractivity contribution >= 4 is 32.7 Å². The van der Waals surface area contributed by atoms with Crippen molar-refractivity contribution in [3.8, 4) is 0 Å². The molecule has 0 bridgehead atoms. The van der Waals surface area contributed by atoms with Gasteiger partial charge in [0, 0.05) is 11.6 Å². The Labute approximate surface area is 131 Å². The molecule has 0 unspecified atom stereocenters. The van der Waals surface area contributed by atoms with E-state index in [1.807, 2.05) is 36.4 Å². The zero-order valence-corrected chi connectivity index (χ0v) is 13.5. The maximum atomic E-state index is 5.71. The highest BCUT2D eigenvalue weighted by Crippen LogP contribution is 2.24. The zero-order valence-electron chi connectivity index (χ0n) is 11.9. The van der Waals surface area contributed by atoms with Crippen molar-refractivity contribution in [1.82, 2.24) is 9.97 Å². The van der Waals surface area contributed by atoms with Crippen molar-refractivity contribution < 1.29 is 4.42 Å². The summed E-state index contributed by atoms with van der Waals surface area (Å²) in [6, 6.07) is 11.8. The SMILES string of the molecule is CC(C)c1nc2cc(NCc3cccc(Br)n3)ccc2o1. The summed E-state index contributed by atoms with van der Waals surface area (Å²) in [5.41, 5.74) is 3.69. The van der Waals surface area contributed by atoms with Gasteiger partial charge in [0.05, 0.1) is 12.2 Å². The van der Waals surface area contributed by atoms with E-state index in [1.54, 1.807) is 0 Å². The van der Waals surface area contributed by atoms with Crippen molar-refractivity contribution in [3.05, 3.63) is 52.6 Å². The fourth-order valence-electron chi connectivity index (χ4n) is 2.04. The van der Waals surface area contributed by atoms with Gasteiger partial charge in [-0.05, 0) is 46.3 Å². The molecule has 0 spiro atoms. The molecule has 0 radical (unpaired) electrons. The quantitative estimate of drug-likeness (QED) is 0.695. The van der Waals surface area contributed by atoms with Crippen LogP contribution in [-0.4, -0.2) is 9.97 Å². The highest BCUT2D eigenvalue weighted by atomic mass is 79.9. The van der Waals surface area contributed by atoms with Crippen LogP contribution >= 0.6 is 15.9 Å². The van der Waals surface area contributed by atoms with Crippen LogP contribution in [-0.2, 0) is 6.54 Å². The van der Waals surface area contributed by atoms with E-state index in [2.05, 4.69) is 45.1 Å². The molecule has 21 heavy (non-hydrogen) atoms. The lowest BCUT2D eigenvalue weighted by Crippen LogP contribution is -2.01. The highest BCUT2D eigenvalue weighted by Gasteiger charge is 2.09. The molecule has 0 fully saturated rings. The van der Waals surface area contributed by atoms with Gasteiger partial charge in [-0.1, -0.05) is 19.9 Å². The minimum absolute atomic E-state index is 0.291. The van der Waals surface area contributed by atoms with Gasteiger partial charge in [0.2, 0.25) is 0 Å². The number of hydrogen-bond acceptors (Lipinski definition) is 4. The van der Waals surface area contributed by atoms with E-state index in [0.717, 1.165) is 33.0 Å². The van der Waals surface area contributed by atoms with Gasteiger partial charge in [-0.15, -0.1) is 0 Å². The predicted molar refractivity (Wildman–Crippen MR) is 87.4 cm³/mol. The Hall–Kier alpha value is -1.88. The van der Waals surface area contributed by atoms with Gasteiger partial charge >= 0.3 is 0 Å². The molecule has 108 valence electrons. The number of nitrogens with one attached hydrogen (secondary N) is 1. The summed E-state index contributed by atoms with van der Waals surface area (Å²) in [7, 11) is 0. The molecular formula is C16H16BrN3O. The molecule has 2 aromatic heterocycles. The van der Waals surface area contributed by atoms with Crippen LogP contribution in [0.3, 0.4) is 0 Å². The first-order valence-corrected chi connectivity index (χ1v) is 7.67. The lowest BCUT2D eigenvalue weighted by atomic mass is 10.2. The smallest absolute Gasteiger partial charge is 0.198 e. The summed E-state index contributed by atoms with van der Waals surface area (Å²) < 4.78 is 6.55. The number of pyridine rings is 1. The molecule has 5 heteroatoms. The second-order valence-electron chi connectivity index (χ2n) is 5.19. The van der Waals surface area contributed by atoms with Crippen LogP contribution in [0.5, 0.6) is 0 Å². The Morgan fingerprint density at radius 3 is 2.81 bits per heavy atom. The van der Waals surface area contributed by atoms with E-state index in [-0.39, 0.29) is 0 Å². The maximum Gasteiger partial charge on any atom is 0.198 e. The topological polar surface area (TPSA) is 51.0 Å². The number of aromatic nitrogens is 2. The van der Waals surface area contributed by atoms with E-state index in [1.165, 1.54) is 0 Å². The summed E-state index contributed by atoms with van der Waals surface area (Å²) in [6.45, 7) is 4.81. The van der Waals surface area contributed by atoms with Crippen molar-refractivity contribution in [3.63, 3.8) is 0 Å². The second kappa shape index (κ2) is 5.85. The second-order valence-corrected chi connectivity index (χ2v) is 6.01. The molecule has 1 N–H and O–H groups in total. The summed E-state index contributed by atoms with van der Waals surface area (Å²) in [5.74, 6) is 1.07. The van der Waals surface area contributed by atoms with E-state index >= 15 is 0 Å². The Kier molecular flexibility index (Phi) is 3.92. The van der Waals surface area contributed by atoms with Crippen molar-refractivity contribution in [2.24, 2.45) is 0 Å².